The number of halogens is 2. The van der Waals surface area contributed by atoms with Crippen LogP contribution in [0.15, 0.2) is 29.1 Å². The van der Waals surface area contributed by atoms with E-state index in [-0.39, 0.29) is 23.6 Å². The van der Waals surface area contributed by atoms with E-state index in [0.717, 1.165) is 11.4 Å². The van der Waals surface area contributed by atoms with E-state index in [1.807, 2.05) is 6.92 Å². The highest BCUT2D eigenvalue weighted by atomic mass is 32.1. The van der Waals surface area contributed by atoms with E-state index >= 15 is 0 Å². The normalized spacial score (nSPS) is 14.8. The summed E-state index contributed by atoms with van der Waals surface area (Å²) in [6.07, 6.45) is -2.92. The number of nitrogens with zero attached hydrogens (tertiary/aromatic N) is 3. The van der Waals surface area contributed by atoms with Crippen LogP contribution < -0.4 is 20.3 Å². The Kier molecular flexibility index (Phi) is 3.57. The molecule has 0 saturated heterocycles. The quantitative estimate of drug-likeness (QED) is 0.765. The highest BCUT2D eigenvalue weighted by molar-refractivity contribution is 7.16. The number of rotatable bonds is 4. The summed E-state index contributed by atoms with van der Waals surface area (Å²) in [6.45, 7) is 2.20. The molecule has 0 unspecified atom stereocenters. The first-order valence-corrected chi connectivity index (χ1v) is 8.27. The number of benzene rings is 1. The molecule has 1 aliphatic heterocycles. The van der Waals surface area contributed by atoms with Crippen molar-refractivity contribution in [2.45, 2.75) is 26.2 Å². The molecule has 7 nitrogen and oxygen atoms in total. The van der Waals surface area contributed by atoms with Crippen molar-refractivity contribution >= 4 is 22.0 Å². The molecular weight excluding hydrogens is 354 g/mol. The zero-order valence-corrected chi connectivity index (χ0v) is 13.8. The molecule has 0 spiro atoms. The van der Waals surface area contributed by atoms with Crippen LogP contribution in [0, 0.1) is 0 Å². The fourth-order valence-corrected chi connectivity index (χ4v) is 3.24. The van der Waals surface area contributed by atoms with Crippen LogP contribution in [-0.2, 0) is 13.0 Å². The van der Waals surface area contributed by atoms with Gasteiger partial charge in [0.05, 0.1) is 12.2 Å². The maximum absolute atomic E-state index is 13.0. The summed E-state index contributed by atoms with van der Waals surface area (Å²) in [4.78, 5) is 17.0. The first-order chi connectivity index (χ1) is 11.9. The molecule has 3 aromatic rings. The van der Waals surface area contributed by atoms with Gasteiger partial charge < -0.3 is 14.8 Å². The molecule has 130 valence electrons. The van der Waals surface area contributed by atoms with Crippen LogP contribution in [0.3, 0.4) is 0 Å². The molecule has 1 aliphatic rings. The highest BCUT2D eigenvalue weighted by Gasteiger charge is 2.43. The Bertz CT molecular complexity index is 1020. The fourth-order valence-electron chi connectivity index (χ4n) is 2.38. The third kappa shape index (κ3) is 3.00. The smallest absolute Gasteiger partial charge is 0.395 e. The fraction of sp³-hybridized carbons (Fsp3) is 0.267. The standard InChI is InChI=1S/C15H12F2N4O3S/c1-2-12-20-21-13(22)6-9(19-14(21)25-12)7-18-8-3-4-10-11(5-8)24-15(16,17)23-10/h3-6,18H,2,7H2,1H3. The van der Waals surface area contributed by atoms with Crippen molar-refractivity contribution in [3.8, 4) is 11.5 Å². The van der Waals surface area contributed by atoms with Crippen molar-refractivity contribution in [1.29, 1.82) is 0 Å². The van der Waals surface area contributed by atoms with E-state index in [0.29, 0.717) is 16.3 Å². The molecule has 2 aromatic heterocycles. The van der Waals surface area contributed by atoms with Gasteiger partial charge in [-0.3, -0.25) is 4.79 Å². The van der Waals surface area contributed by atoms with E-state index in [2.05, 4.69) is 24.9 Å². The molecule has 0 atom stereocenters. The maximum atomic E-state index is 13.0. The molecule has 0 saturated carbocycles. The first kappa shape index (κ1) is 15.8. The van der Waals surface area contributed by atoms with E-state index in [1.165, 1.54) is 34.1 Å². The summed E-state index contributed by atoms with van der Waals surface area (Å²) in [7, 11) is 0. The largest absolute Gasteiger partial charge is 0.586 e. The molecule has 1 N–H and O–H groups in total. The number of hydrogen-bond donors (Lipinski definition) is 1. The van der Waals surface area contributed by atoms with Crippen LogP contribution in [0.25, 0.3) is 4.96 Å². The molecule has 3 heterocycles. The van der Waals surface area contributed by atoms with Crippen molar-refractivity contribution in [3.05, 3.63) is 45.3 Å². The van der Waals surface area contributed by atoms with Gasteiger partial charge in [-0.15, -0.1) is 8.78 Å². The molecule has 0 radical (unpaired) electrons. The average Bonchev–Trinajstić information content (AvgIpc) is 3.11. The minimum absolute atomic E-state index is 0.0231. The summed E-state index contributed by atoms with van der Waals surface area (Å²) in [5, 5.41) is 8.03. The van der Waals surface area contributed by atoms with E-state index in [9.17, 15) is 13.6 Å². The van der Waals surface area contributed by atoms with Gasteiger partial charge in [0, 0.05) is 17.8 Å². The van der Waals surface area contributed by atoms with Gasteiger partial charge in [-0.2, -0.15) is 9.61 Å². The lowest BCUT2D eigenvalue weighted by Crippen LogP contribution is -2.25. The minimum atomic E-state index is -3.65. The lowest BCUT2D eigenvalue weighted by Gasteiger charge is -2.06. The Hall–Kier alpha value is -2.75. The van der Waals surface area contributed by atoms with Crippen LogP contribution in [-0.4, -0.2) is 20.9 Å². The number of nitrogens with one attached hydrogen (secondary N) is 1. The number of hydrogen-bond acceptors (Lipinski definition) is 7. The Balaban J connectivity index is 1.54. The maximum Gasteiger partial charge on any atom is 0.586 e. The van der Waals surface area contributed by atoms with Crippen LogP contribution in [0.5, 0.6) is 11.5 Å². The summed E-state index contributed by atoms with van der Waals surface area (Å²) >= 11 is 1.36. The molecule has 10 heteroatoms. The molecule has 0 bridgehead atoms. The predicted molar refractivity (Wildman–Crippen MR) is 86.5 cm³/mol. The monoisotopic (exact) mass is 366 g/mol. The van der Waals surface area contributed by atoms with Gasteiger partial charge in [0.15, 0.2) is 11.5 Å². The number of alkyl halides is 2. The molecular formula is C15H12F2N4O3S. The molecule has 0 aliphatic carbocycles. The van der Waals surface area contributed by atoms with Gasteiger partial charge in [0.2, 0.25) is 4.96 Å². The number of anilines is 1. The molecule has 4 rings (SSSR count). The van der Waals surface area contributed by atoms with Crippen molar-refractivity contribution in [2.24, 2.45) is 0 Å². The lowest BCUT2D eigenvalue weighted by molar-refractivity contribution is -0.286. The van der Waals surface area contributed by atoms with Crippen LogP contribution in [0.2, 0.25) is 0 Å². The molecule has 0 fully saturated rings. The van der Waals surface area contributed by atoms with Gasteiger partial charge in [-0.05, 0) is 18.6 Å². The van der Waals surface area contributed by atoms with Crippen LogP contribution in [0.1, 0.15) is 17.6 Å². The topological polar surface area (TPSA) is 77.8 Å². The SMILES string of the molecule is CCc1nn2c(=O)cc(CNc3ccc4c(c3)OC(F)(F)O4)nc2s1. The summed E-state index contributed by atoms with van der Waals surface area (Å²) in [5.74, 6) is -0.0707. The number of ether oxygens (including phenoxy) is 2. The Labute approximate surface area is 143 Å². The van der Waals surface area contributed by atoms with Crippen molar-refractivity contribution in [3.63, 3.8) is 0 Å². The van der Waals surface area contributed by atoms with E-state index < -0.39 is 6.29 Å². The number of aromatic nitrogens is 3. The summed E-state index contributed by atoms with van der Waals surface area (Å²) in [6, 6.07) is 5.77. The minimum Gasteiger partial charge on any atom is -0.395 e. The Morgan fingerprint density at radius 2 is 2.08 bits per heavy atom. The second-order valence-corrected chi connectivity index (χ2v) is 6.35. The van der Waals surface area contributed by atoms with Crippen molar-refractivity contribution in [2.75, 3.05) is 5.32 Å². The van der Waals surface area contributed by atoms with Gasteiger partial charge in [0.25, 0.3) is 5.56 Å². The Morgan fingerprint density at radius 3 is 2.88 bits per heavy atom. The van der Waals surface area contributed by atoms with Crippen molar-refractivity contribution < 1.29 is 18.3 Å². The Morgan fingerprint density at radius 1 is 1.28 bits per heavy atom. The summed E-state index contributed by atoms with van der Waals surface area (Å²) in [5.41, 5.74) is 0.808. The van der Waals surface area contributed by atoms with Gasteiger partial charge in [0.1, 0.15) is 5.01 Å². The molecule has 1 aromatic carbocycles. The predicted octanol–water partition coefficient (Wildman–Crippen LogP) is 2.65. The average molecular weight is 366 g/mol. The second-order valence-electron chi connectivity index (χ2n) is 5.31. The van der Waals surface area contributed by atoms with E-state index in [4.69, 9.17) is 0 Å². The molecule has 25 heavy (non-hydrogen) atoms. The highest BCUT2D eigenvalue weighted by Crippen LogP contribution is 2.42. The third-order valence-electron chi connectivity index (χ3n) is 3.52. The van der Waals surface area contributed by atoms with Gasteiger partial charge >= 0.3 is 6.29 Å². The number of aryl methyl sites for hydroxylation is 1. The molecule has 0 amide bonds. The third-order valence-corrected chi connectivity index (χ3v) is 4.57. The van der Waals surface area contributed by atoms with Crippen LogP contribution in [0.4, 0.5) is 14.5 Å². The second kappa shape index (κ2) is 5.66. The lowest BCUT2D eigenvalue weighted by atomic mass is 10.2. The zero-order valence-electron chi connectivity index (χ0n) is 13.0. The van der Waals surface area contributed by atoms with Gasteiger partial charge in [-0.1, -0.05) is 18.3 Å². The van der Waals surface area contributed by atoms with E-state index in [1.54, 1.807) is 6.07 Å². The summed E-state index contributed by atoms with van der Waals surface area (Å²) < 4.78 is 36.1. The number of fused-ring (bicyclic) bond motifs is 2. The first-order valence-electron chi connectivity index (χ1n) is 7.46. The van der Waals surface area contributed by atoms with Crippen molar-refractivity contribution in [1.82, 2.24) is 14.6 Å². The van der Waals surface area contributed by atoms with Crippen LogP contribution >= 0.6 is 11.3 Å². The van der Waals surface area contributed by atoms with Gasteiger partial charge in [-0.25, -0.2) is 4.98 Å². The zero-order chi connectivity index (χ0) is 17.6.